The van der Waals surface area contributed by atoms with Gasteiger partial charge in [-0.25, -0.2) is 0 Å². The van der Waals surface area contributed by atoms with Crippen molar-refractivity contribution in [3.8, 4) is 11.5 Å². The SMILES string of the molecule is C=CCO[C@@]12Oc3ccc(OCCN4CC4)cc3[C@H]3[C@H](CCCCO)[C@@H](CCCCO)C=C(C(=NOC4CCCCO4)C[C@@H]1N(CCOCCO)C(=O)C1CC1)[C@H]32. The van der Waals surface area contributed by atoms with Crippen LogP contribution in [0.1, 0.15) is 88.5 Å². The zero-order chi connectivity index (χ0) is 39.6. The molecule has 316 valence electrons. The fourth-order valence-corrected chi connectivity index (χ4v) is 9.56. The zero-order valence-corrected chi connectivity index (χ0v) is 33.6. The number of aliphatic hydroxyl groups excluding tert-OH is 3. The summed E-state index contributed by atoms with van der Waals surface area (Å²) in [6, 6.07) is 5.51. The molecule has 7 atom stereocenters. The van der Waals surface area contributed by atoms with Crippen LogP contribution in [0, 0.1) is 23.7 Å². The largest absolute Gasteiger partial charge is 0.492 e. The topological polar surface area (TPSA) is 152 Å². The van der Waals surface area contributed by atoms with Gasteiger partial charge in [0, 0.05) is 69.6 Å². The Kier molecular flexibility index (Phi) is 15.0. The average molecular weight is 796 g/mol. The molecule has 1 aromatic rings. The molecule has 13 heteroatoms. The van der Waals surface area contributed by atoms with E-state index in [4.69, 9.17) is 33.7 Å². The van der Waals surface area contributed by atoms with Crippen LogP contribution in [0.5, 0.6) is 11.5 Å². The van der Waals surface area contributed by atoms with E-state index in [2.05, 4.69) is 23.6 Å². The molecule has 0 aromatic heterocycles. The van der Waals surface area contributed by atoms with Crippen molar-refractivity contribution in [2.45, 2.75) is 101 Å². The third kappa shape index (κ3) is 10.1. The minimum Gasteiger partial charge on any atom is -0.492 e. The standard InChI is InChI=1S/C44H65N3O10/c1-2-23-55-44-39(47(19-25-52-27-22-50)43(51)31-12-13-31)30-37(45-57-40-11-5-8-24-54-40)35-28-32(9-3-6-20-48)34(10-4-7-21-49)41(42(35)44)36-29-33(14-15-38(36)56-44)53-26-18-46-16-17-46/h2,14-15,28-29,31-32,34,39-42,48-50H,1,3-13,16-27,30H2/t32-,34+,39-,40?,41+,42+,44+/m0/s1. The highest BCUT2D eigenvalue weighted by molar-refractivity contribution is 6.03. The van der Waals surface area contributed by atoms with E-state index in [0.29, 0.717) is 44.8 Å². The van der Waals surface area contributed by atoms with Crippen molar-refractivity contribution in [3.05, 3.63) is 48.1 Å². The first-order valence-electron chi connectivity index (χ1n) is 21.7. The number of unbranched alkanes of at least 4 members (excludes halogenated alkanes) is 2. The van der Waals surface area contributed by atoms with Crippen molar-refractivity contribution < 1.29 is 48.6 Å². The Morgan fingerprint density at radius 1 is 1.02 bits per heavy atom. The molecule has 1 unspecified atom stereocenters. The molecule has 0 radical (unpaired) electrons. The molecule has 2 saturated heterocycles. The summed E-state index contributed by atoms with van der Waals surface area (Å²) in [6.07, 6.45) is 13.2. The summed E-state index contributed by atoms with van der Waals surface area (Å²) in [6.45, 7) is 9.39. The number of allylic oxidation sites excluding steroid dienone is 1. The summed E-state index contributed by atoms with van der Waals surface area (Å²) in [5, 5.41) is 34.3. The van der Waals surface area contributed by atoms with Crippen LogP contribution >= 0.6 is 0 Å². The molecule has 2 saturated carbocycles. The predicted molar refractivity (Wildman–Crippen MR) is 214 cm³/mol. The van der Waals surface area contributed by atoms with Gasteiger partial charge >= 0.3 is 0 Å². The number of hydrogen-bond acceptors (Lipinski definition) is 12. The molecule has 3 heterocycles. The van der Waals surface area contributed by atoms with Gasteiger partial charge in [-0.05, 0) is 87.0 Å². The Hall–Kier alpha value is -3.04. The number of nitrogens with zero attached hydrogens (tertiary/aromatic N) is 3. The second kappa shape index (κ2) is 20.3. The first-order valence-corrected chi connectivity index (χ1v) is 21.7. The fourth-order valence-electron chi connectivity index (χ4n) is 9.56. The molecule has 1 aromatic carbocycles. The van der Waals surface area contributed by atoms with Gasteiger partial charge in [-0.15, -0.1) is 6.58 Å². The molecule has 3 aliphatic carbocycles. The highest BCUT2D eigenvalue weighted by Gasteiger charge is 2.66. The number of aliphatic hydroxyl groups is 3. The highest BCUT2D eigenvalue weighted by Crippen LogP contribution is 2.62. The smallest absolute Gasteiger partial charge is 0.239 e. The van der Waals surface area contributed by atoms with E-state index < -0.39 is 24.0 Å². The molecule has 57 heavy (non-hydrogen) atoms. The van der Waals surface area contributed by atoms with Crippen LogP contribution in [-0.2, 0) is 23.8 Å². The number of hydrogen-bond donors (Lipinski definition) is 3. The Morgan fingerprint density at radius 2 is 1.84 bits per heavy atom. The van der Waals surface area contributed by atoms with Gasteiger partial charge in [0.05, 0.1) is 44.7 Å². The highest BCUT2D eigenvalue weighted by atomic mass is 16.8. The molecule has 0 bridgehead atoms. The number of amides is 1. The molecule has 3 N–H and O–H groups in total. The minimum absolute atomic E-state index is 0.0378. The van der Waals surface area contributed by atoms with Crippen LogP contribution in [0.3, 0.4) is 0 Å². The van der Waals surface area contributed by atoms with E-state index >= 15 is 0 Å². The second-order valence-electron chi connectivity index (χ2n) is 16.5. The number of benzene rings is 1. The first kappa shape index (κ1) is 42.1. The molecule has 7 rings (SSSR count). The van der Waals surface area contributed by atoms with Crippen molar-refractivity contribution >= 4 is 11.6 Å². The third-order valence-electron chi connectivity index (χ3n) is 12.6. The van der Waals surface area contributed by atoms with E-state index in [1.165, 1.54) is 0 Å². The van der Waals surface area contributed by atoms with Gasteiger partial charge in [0.15, 0.2) is 0 Å². The minimum atomic E-state index is -1.33. The van der Waals surface area contributed by atoms with Crippen LogP contribution in [0.15, 0.2) is 47.7 Å². The predicted octanol–water partition coefficient (Wildman–Crippen LogP) is 4.79. The average Bonchev–Trinajstić information content (AvgIpc) is 4.17. The molecular weight excluding hydrogens is 730 g/mol. The summed E-state index contributed by atoms with van der Waals surface area (Å²) >= 11 is 0. The molecule has 4 fully saturated rings. The summed E-state index contributed by atoms with van der Waals surface area (Å²) in [5.74, 6) is -0.167. The van der Waals surface area contributed by atoms with Crippen LogP contribution in [-0.4, -0.2) is 134 Å². The van der Waals surface area contributed by atoms with Gasteiger partial charge < -0.3 is 48.7 Å². The number of carbonyl (C=O) groups is 1. The molecular formula is C44H65N3O10. The maximum Gasteiger partial charge on any atom is 0.239 e. The summed E-state index contributed by atoms with van der Waals surface area (Å²) in [5.41, 5.74) is 2.79. The van der Waals surface area contributed by atoms with Gasteiger partial charge in [-0.1, -0.05) is 30.1 Å². The van der Waals surface area contributed by atoms with Crippen LogP contribution in [0.4, 0.5) is 0 Å². The molecule has 1 amide bonds. The van der Waals surface area contributed by atoms with Gasteiger partial charge in [-0.2, -0.15) is 0 Å². The quantitative estimate of drug-likeness (QED) is 0.0574. The van der Waals surface area contributed by atoms with Gasteiger partial charge in [0.1, 0.15) is 24.1 Å². The molecule has 6 aliphatic rings. The van der Waals surface area contributed by atoms with Gasteiger partial charge in [0.25, 0.3) is 0 Å². The Bertz CT molecular complexity index is 1540. The summed E-state index contributed by atoms with van der Waals surface area (Å²) < 4.78 is 32.6. The van der Waals surface area contributed by atoms with Crippen LogP contribution < -0.4 is 9.47 Å². The molecule has 3 aliphatic heterocycles. The fraction of sp³-hybridized carbons (Fsp3) is 0.727. The van der Waals surface area contributed by atoms with Crippen molar-refractivity contribution in [1.82, 2.24) is 9.80 Å². The van der Waals surface area contributed by atoms with Crippen molar-refractivity contribution in [1.29, 1.82) is 0 Å². The van der Waals surface area contributed by atoms with Crippen molar-refractivity contribution in [3.63, 3.8) is 0 Å². The lowest BCUT2D eigenvalue weighted by Gasteiger charge is -2.60. The lowest BCUT2D eigenvalue weighted by molar-refractivity contribution is -0.258. The summed E-state index contributed by atoms with van der Waals surface area (Å²) in [7, 11) is 0. The Labute approximate surface area is 337 Å². The number of ether oxygens (including phenoxy) is 5. The maximum atomic E-state index is 14.5. The normalized spacial score (nSPS) is 29.8. The van der Waals surface area contributed by atoms with E-state index in [1.54, 1.807) is 6.08 Å². The molecule has 13 nitrogen and oxygen atoms in total. The van der Waals surface area contributed by atoms with Crippen LogP contribution in [0.25, 0.3) is 0 Å². The zero-order valence-electron chi connectivity index (χ0n) is 33.6. The maximum absolute atomic E-state index is 14.5. The lowest BCUT2D eigenvalue weighted by Crippen LogP contribution is -2.70. The third-order valence-corrected chi connectivity index (χ3v) is 12.6. The lowest BCUT2D eigenvalue weighted by atomic mass is 9.55. The number of carbonyl (C=O) groups excluding carboxylic acids is 1. The van der Waals surface area contributed by atoms with Crippen LogP contribution in [0.2, 0.25) is 0 Å². The van der Waals surface area contributed by atoms with Crippen molar-refractivity contribution in [2.24, 2.45) is 28.8 Å². The Balaban J connectivity index is 1.39. The number of oxime groups is 1. The van der Waals surface area contributed by atoms with Gasteiger partial charge in [0.2, 0.25) is 18.0 Å². The number of rotatable bonds is 24. The monoisotopic (exact) mass is 795 g/mol. The van der Waals surface area contributed by atoms with E-state index in [-0.39, 0.29) is 69.2 Å². The van der Waals surface area contributed by atoms with Gasteiger partial charge in [-0.3, -0.25) is 9.69 Å². The molecule has 0 spiro atoms. The van der Waals surface area contributed by atoms with E-state index in [1.807, 2.05) is 17.0 Å². The Morgan fingerprint density at radius 3 is 2.56 bits per heavy atom. The second-order valence-corrected chi connectivity index (χ2v) is 16.5. The first-order chi connectivity index (χ1) is 28.0. The van der Waals surface area contributed by atoms with E-state index in [0.717, 1.165) is 100 Å². The summed E-state index contributed by atoms with van der Waals surface area (Å²) in [4.78, 5) is 25.0. The van der Waals surface area contributed by atoms with Crippen molar-refractivity contribution in [2.75, 3.05) is 79.0 Å². The van der Waals surface area contributed by atoms with E-state index in [9.17, 15) is 20.1 Å². The number of fused-ring (bicyclic) bond motifs is 2.